The average molecular weight is 254 g/mol. The van der Waals surface area contributed by atoms with Gasteiger partial charge in [0.15, 0.2) is 0 Å². The van der Waals surface area contributed by atoms with Gasteiger partial charge in [-0.3, -0.25) is 4.79 Å². The Morgan fingerprint density at radius 3 is 2.71 bits per heavy atom. The van der Waals surface area contributed by atoms with E-state index in [1.54, 1.807) is 4.90 Å². The average Bonchev–Trinajstić information content (AvgIpc) is 2.56. The highest BCUT2D eigenvalue weighted by atomic mass is 32.1. The SMILES string of the molecule is Cc1nsc(C)c1C(=O)N1CC(C)CC(O)C1. The summed E-state index contributed by atoms with van der Waals surface area (Å²) in [5, 5.41) is 9.73. The smallest absolute Gasteiger partial charge is 0.256 e. The monoisotopic (exact) mass is 254 g/mol. The van der Waals surface area contributed by atoms with Gasteiger partial charge in [0, 0.05) is 18.0 Å². The number of aryl methyl sites for hydroxylation is 2. The molecule has 2 unspecified atom stereocenters. The summed E-state index contributed by atoms with van der Waals surface area (Å²) >= 11 is 1.36. The van der Waals surface area contributed by atoms with Crippen molar-refractivity contribution in [3.8, 4) is 0 Å². The van der Waals surface area contributed by atoms with Crippen LogP contribution in [-0.4, -0.2) is 39.5 Å². The highest BCUT2D eigenvalue weighted by Crippen LogP contribution is 2.23. The Hall–Kier alpha value is -0.940. The number of aliphatic hydroxyl groups is 1. The molecule has 0 bridgehead atoms. The van der Waals surface area contributed by atoms with Gasteiger partial charge in [0.2, 0.25) is 0 Å². The Labute approximate surface area is 105 Å². The molecule has 4 nitrogen and oxygen atoms in total. The topological polar surface area (TPSA) is 53.4 Å². The number of nitrogens with zero attached hydrogens (tertiary/aromatic N) is 2. The van der Waals surface area contributed by atoms with Crippen LogP contribution in [0.2, 0.25) is 0 Å². The summed E-state index contributed by atoms with van der Waals surface area (Å²) in [5.74, 6) is 0.370. The van der Waals surface area contributed by atoms with Crippen molar-refractivity contribution in [1.82, 2.24) is 9.27 Å². The highest BCUT2D eigenvalue weighted by molar-refractivity contribution is 7.06. The fraction of sp³-hybridized carbons (Fsp3) is 0.667. The molecule has 2 rings (SSSR count). The molecule has 0 aliphatic carbocycles. The maximum atomic E-state index is 12.4. The van der Waals surface area contributed by atoms with E-state index in [9.17, 15) is 9.90 Å². The number of rotatable bonds is 1. The van der Waals surface area contributed by atoms with E-state index in [4.69, 9.17) is 0 Å². The lowest BCUT2D eigenvalue weighted by Crippen LogP contribution is -2.45. The van der Waals surface area contributed by atoms with Crippen molar-refractivity contribution in [1.29, 1.82) is 0 Å². The van der Waals surface area contributed by atoms with Gasteiger partial charge >= 0.3 is 0 Å². The van der Waals surface area contributed by atoms with Crippen molar-refractivity contribution in [3.05, 3.63) is 16.1 Å². The van der Waals surface area contributed by atoms with E-state index in [0.29, 0.717) is 12.5 Å². The van der Waals surface area contributed by atoms with Gasteiger partial charge in [0.05, 0.1) is 17.4 Å². The minimum absolute atomic E-state index is 0.0133. The van der Waals surface area contributed by atoms with Crippen LogP contribution in [0.1, 0.15) is 34.3 Å². The van der Waals surface area contributed by atoms with E-state index in [-0.39, 0.29) is 5.91 Å². The summed E-state index contributed by atoms with van der Waals surface area (Å²) in [6.07, 6.45) is 0.388. The van der Waals surface area contributed by atoms with Crippen molar-refractivity contribution >= 4 is 17.4 Å². The lowest BCUT2D eigenvalue weighted by molar-refractivity contribution is 0.0338. The van der Waals surface area contributed by atoms with E-state index in [2.05, 4.69) is 11.3 Å². The van der Waals surface area contributed by atoms with Crippen molar-refractivity contribution in [2.75, 3.05) is 13.1 Å². The molecule has 94 valence electrons. The number of carbonyl (C=O) groups is 1. The fourth-order valence-corrected chi connectivity index (χ4v) is 3.12. The molecule has 0 spiro atoms. The normalized spacial score (nSPS) is 25.1. The van der Waals surface area contributed by atoms with Gasteiger partial charge in [-0.2, -0.15) is 4.37 Å². The minimum Gasteiger partial charge on any atom is -0.391 e. The van der Waals surface area contributed by atoms with E-state index in [0.717, 1.165) is 29.1 Å². The molecular weight excluding hydrogens is 236 g/mol. The Balaban J connectivity index is 2.20. The Kier molecular flexibility index (Phi) is 3.49. The zero-order valence-corrected chi connectivity index (χ0v) is 11.3. The Morgan fingerprint density at radius 2 is 2.18 bits per heavy atom. The second kappa shape index (κ2) is 4.74. The maximum Gasteiger partial charge on any atom is 0.256 e. The first kappa shape index (κ1) is 12.5. The molecule has 1 aliphatic heterocycles. The molecule has 1 fully saturated rings. The molecule has 0 aromatic carbocycles. The third-order valence-electron chi connectivity index (χ3n) is 3.17. The van der Waals surface area contributed by atoms with Gasteiger partial charge in [-0.05, 0) is 37.7 Å². The first-order valence-electron chi connectivity index (χ1n) is 5.89. The number of β-amino-alcohol motifs (C(OH)–C–C–N with tert-alkyl or cyclic N) is 1. The largest absolute Gasteiger partial charge is 0.391 e. The number of carbonyl (C=O) groups excluding carboxylic acids is 1. The summed E-state index contributed by atoms with van der Waals surface area (Å²) in [7, 11) is 0. The molecule has 1 aliphatic rings. The molecule has 2 atom stereocenters. The number of piperidine rings is 1. The first-order chi connectivity index (χ1) is 7.99. The van der Waals surface area contributed by atoms with Gasteiger partial charge in [-0.25, -0.2) is 0 Å². The summed E-state index contributed by atoms with van der Waals surface area (Å²) < 4.78 is 4.20. The Bertz CT molecular complexity index is 401. The van der Waals surface area contributed by atoms with Gasteiger partial charge in [0.25, 0.3) is 5.91 Å². The zero-order chi connectivity index (χ0) is 12.6. The van der Waals surface area contributed by atoms with Gasteiger partial charge in [0.1, 0.15) is 0 Å². The van der Waals surface area contributed by atoms with Crippen LogP contribution in [0.15, 0.2) is 0 Å². The molecule has 5 heteroatoms. The fourth-order valence-electron chi connectivity index (χ4n) is 2.43. The first-order valence-corrected chi connectivity index (χ1v) is 6.66. The van der Waals surface area contributed by atoms with Crippen molar-refractivity contribution in [2.24, 2.45) is 5.92 Å². The summed E-state index contributed by atoms with van der Waals surface area (Å²) in [6, 6.07) is 0. The van der Waals surface area contributed by atoms with E-state index >= 15 is 0 Å². The van der Waals surface area contributed by atoms with Gasteiger partial charge in [-0.15, -0.1) is 0 Å². The minimum atomic E-state index is -0.394. The molecule has 17 heavy (non-hydrogen) atoms. The zero-order valence-electron chi connectivity index (χ0n) is 10.4. The molecule has 1 saturated heterocycles. The molecular formula is C12H18N2O2S. The number of aromatic nitrogens is 1. The highest BCUT2D eigenvalue weighted by Gasteiger charge is 2.29. The third-order valence-corrected chi connectivity index (χ3v) is 4.02. The lowest BCUT2D eigenvalue weighted by Gasteiger charge is -2.34. The van der Waals surface area contributed by atoms with E-state index in [1.807, 2.05) is 13.8 Å². The molecule has 1 amide bonds. The van der Waals surface area contributed by atoms with E-state index < -0.39 is 6.10 Å². The van der Waals surface area contributed by atoms with Crippen molar-refractivity contribution in [3.63, 3.8) is 0 Å². The summed E-state index contributed by atoms with van der Waals surface area (Å²) in [6.45, 7) is 7.01. The maximum absolute atomic E-state index is 12.4. The molecule has 1 aromatic heterocycles. The van der Waals surface area contributed by atoms with Crippen LogP contribution >= 0.6 is 11.5 Å². The number of aliphatic hydroxyl groups excluding tert-OH is 1. The number of amides is 1. The predicted octanol–water partition coefficient (Wildman–Crippen LogP) is 1.60. The van der Waals surface area contributed by atoms with E-state index in [1.165, 1.54) is 11.5 Å². The van der Waals surface area contributed by atoms with Gasteiger partial charge in [-0.1, -0.05) is 6.92 Å². The van der Waals surface area contributed by atoms with Crippen LogP contribution in [0.5, 0.6) is 0 Å². The standard InChI is InChI=1S/C12H18N2O2S/c1-7-4-10(15)6-14(5-7)12(16)11-8(2)13-17-9(11)3/h7,10,15H,4-6H2,1-3H3. The molecule has 2 heterocycles. The van der Waals surface area contributed by atoms with Crippen LogP contribution in [0.3, 0.4) is 0 Å². The second-order valence-corrected chi connectivity index (χ2v) is 5.88. The van der Waals surface area contributed by atoms with Crippen LogP contribution < -0.4 is 0 Å². The van der Waals surface area contributed by atoms with Crippen molar-refractivity contribution < 1.29 is 9.90 Å². The molecule has 0 radical (unpaired) electrons. The molecule has 1 N–H and O–H groups in total. The number of hydrogen-bond donors (Lipinski definition) is 1. The second-order valence-electron chi connectivity index (χ2n) is 4.90. The van der Waals surface area contributed by atoms with Crippen LogP contribution in [0.4, 0.5) is 0 Å². The van der Waals surface area contributed by atoms with Crippen LogP contribution in [0, 0.1) is 19.8 Å². The van der Waals surface area contributed by atoms with Crippen LogP contribution in [-0.2, 0) is 0 Å². The Morgan fingerprint density at radius 1 is 1.47 bits per heavy atom. The van der Waals surface area contributed by atoms with Crippen LogP contribution in [0.25, 0.3) is 0 Å². The molecule has 0 saturated carbocycles. The summed E-state index contributed by atoms with van der Waals surface area (Å²) in [4.78, 5) is 15.1. The number of hydrogen-bond acceptors (Lipinski definition) is 4. The molecule has 1 aromatic rings. The number of likely N-dealkylation sites (tertiary alicyclic amines) is 1. The summed E-state index contributed by atoms with van der Waals surface area (Å²) in [5.41, 5.74) is 1.52. The quantitative estimate of drug-likeness (QED) is 0.828. The lowest BCUT2D eigenvalue weighted by atomic mass is 9.97. The predicted molar refractivity (Wildman–Crippen MR) is 67.3 cm³/mol. The third kappa shape index (κ3) is 2.50. The van der Waals surface area contributed by atoms with Gasteiger partial charge < -0.3 is 10.0 Å². The van der Waals surface area contributed by atoms with Crippen molar-refractivity contribution in [2.45, 2.75) is 33.3 Å².